The molecule has 1 aromatic carbocycles. The van der Waals surface area contributed by atoms with E-state index in [1.807, 2.05) is 41.1 Å². The summed E-state index contributed by atoms with van der Waals surface area (Å²) in [5.74, 6) is -0.103. The summed E-state index contributed by atoms with van der Waals surface area (Å²) in [4.78, 5) is 25.8. The van der Waals surface area contributed by atoms with Crippen LogP contribution in [0.4, 0.5) is 0 Å². The Hall–Kier alpha value is -1.85. The topological polar surface area (TPSA) is 49.4 Å². The summed E-state index contributed by atoms with van der Waals surface area (Å²) in [5, 5.41) is 7.74. The molecule has 1 aliphatic rings. The lowest BCUT2D eigenvalue weighted by Crippen LogP contribution is -2.44. The fourth-order valence-electron chi connectivity index (χ4n) is 2.80. The molecule has 0 saturated carbocycles. The van der Waals surface area contributed by atoms with Crippen molar-refractivity contribution < 1.29 is 9.59 Å². The van der Waals surface area contributed by atoms with Crippen LogP contribution in [0.25, 0.3) is 0 Å². The van der Waals surface area contributed by atoms with Gasteiger partial charge in [-0.25, -0.2) is 0 Å². The molecule has 1 aromatic heterocycles. The summed E-state index contributed by atoms with van der Waals surface area (Å²) < 4.78 is 0. The fraction of sp³-hybridized carbons (Fsp3) is 0.294. The van der Waals surface area contributed by atoms with Gasteiger partial charge in [-0.15, -0.1) is 0 Å². The molecule has 120 valence electrons. The van der Waals surface area contributed by atoms with Crippen LogP contribution in [0.2, 0.25) is 5.02 Å². The molecule has 0 bridgehead atoms. The largest absolute Gasteiger partial charge is 0.343 e. The second-order valence-corrected chi connectivity index (χ2v) is 6.83. The van der Waals surface area contributed by atoms with Crippen molar-refractivity contribution in [2.75, 3.05) is 7.05 Å². The van der Waals surface area contributed by atoms with Gasteiger partial charge in [-0.05, 0) is 46.5 Å². The smallest absolute Gasteiger partial charge is 0.243 e. The number of nitrogens with one attached hydrogen (secondary N) is 1. The summed E-state index contributed by atoms with van der Waals surface area (Å²) >= 11 is 7.54. The molecule has 6 heteroatoms. The molecule has 23 heavy (non-hydrogen) atoms. The van der Waals surface area contributed by atoms with E-state index < -0.39 is 6.04 Å². The minimum absolute atomic E-state index is 0.0173. The maximum atomic E-state index is 12.6. The number of benzene rings is 1. The van der Waals surface area contributed by atoms with Gasteiger partial charge in [0.1, 0.15) is 6.04 Å². The normalized spacial score (nSPS) is 19.0. The van der Waals surface area contributed by atoms with Crippen LogP contribution in [-0.4, -0.2) is 29.8 Å². The van der Waals surface area contributed by atoms with Crippen LogP contribution in [0, 0.1) is 0 Å². The Morgan fingerprint density at radius 2 is 2.04 bits per heavy atom. The average Bonchev–Trinajstić information content (AvgIpc) is 3.17. The molecule has 2 amide bonds. The Balaban J connectivity index is 1.83. The third kappa shape index (κ3) is 3.41. The molecule has 0 radical (unpaired) electrons. The molecule has 1 aliphatic heterocycles. The highest BCUT2D eigenvalue weighted by Crippen LogP contribution is 2.26. The van der Waals surface area contributed by atoms with E-state index in [0.717, 1.165) is 11.1 Å². The lowest BCUT2D eigenvalue weighted by atomic mass is 10.0. The zero-order valence-electron chi connectivity index (χ0n) is 12.7. The van der Waals surface area contributed by atoms with Crippen molar-refractivity contribution in [3.8, 4) is 0 Å². The maximum Gasteiger partial charge on any atom is 0.243 e. The van der Waals surface area contributed by atoms with Crippen molar-refractivity contribution in [3.63, 3.8) is 0 Å². The highest BCUT2D eigenvalue weighted by Gasteiger charge is 2.34. The molecule has 4 nitrogen and oxygen atoms in total. The second kappa shape index (κ2) is 6.72. The Kier molecular flexibility index (Phi) is 4.68. The van der Waals surface area contributed by atoms with Gasteiger partial charge in [-0.3, -0.25) is 9.59 Å². The van der Waals surface area contributed by atoms with E-state index in [9.17, 15) is 9.59 Å². The number of amides is 2. The van der Waals surface area contributed by atoms with Crippen LogP contribution in [0.1, 0.15) is 30.0 Å². The summed E-state index contributed by atoms with van der Waals surface area (Å²) in [5.41, 5.74) is 1.99. The minimum Gasteiger partial charge on any atom is -0.343 e. The second-order valence-electron chi connectivity index (χ2n) is 5.61. The number of halogens is 1. The first-order valence-corrected chi connectivity index (χ1v) is 8.72. The van der Waals surface area contributed by atoms with E-state index in [4.69, 9.17) is 11.6 Å². The van der Waals surface area contributed by atoms with Crippen molar-refractivity contribution in [2.24, 2.45) is 0 Å². The molecule has 0 unspecified atom stereocenters. The molecule has 0 spiro atoms. The third-order valence-corrected chi connectivity index (χ3v) is 5.12. The molecule has 3 rings (SSSR count). The number of rotatable bonds is 4. The van der Waals surface area contributed by atoms with Crippen molar-refractivity contribution in [1.82, 2.24) is 10.2 Å². The Morgan fingerprint density at radius 1 is 1.30 bits per heavy atom. The lowest BCUT2D eigenvalue weighted by molar-refractivity contribution is -0.134. The van der Waals surface area contributed by atoms with Gasteiger partial charge in [0.15, 0.2) is 0 Å². The van der Waals surface area contributed by atoms with E-state index in [2.05, 4.69) is 5.32 Å². The van der Waals surface area contributed by atoms with E-state index in [0.29, 0.717) is 17.9 Å². The number of carbonyl (C=O) groups excluding carboxylic acids is 2. The standard InChI is InChI=1S/C17H17ClN2O2S/c1-20-14(6-7-15(20)21)17(22)19-16(12-8-9-23-10-12)11-2-4-13(18)5-3-11/h2-5,8-10,14,16H,6-7H2,1H3,(H,19,22)/t14-,16+/m0/s1. The number of likely N-dealkylation sites (tertiary alicyclic amines) is 1. The molecule has 2 atom stereocenters. The van der Waals surface area contributed by atoms with Crippen LogP contribution in [0.15, 0.2) is 41.1 Å². The van der Waals surface area contributed by atoms with E-state index in [1.165, 1.54) is 4.90 Å². The number of nitrogens with zero attached hydrogens (tertiary/aromatic N) is 1. The third-order valence-electron chi connectivity index (χ3n) is 4.16. The predicted molar refractivity (Wildman–Crippen MR) is 91.5 cm³/mol. The number of carbonyl (C=O) groups is 2. The van der Waals surface area contributed by atoms with Crippen LogP contribution in [0.5, 0.6) is 0 Å². The van der Waals surface area contributed by atoms with Gasteiger partial charge >= 0.3 is 0 Å². The maximum absolute atomic E-state index is 12.6. The van der Waals surface area contributed by atoms with Crippen LogP contribution >= 0.6 is 22.9 Å². The van der Waals surface area contributed by atoms with Gasteiger partial charge in [0.05, 0.1) is 6.04 Å². The van der Waals surface area contributed by atoms with Crippen molar-refractivity contribution in [1.29, 1.82) is 0 Å². The van der Waals surface area contributed by atoms with Gasteiger partial charge < -0.3 is 10.2 Å². The molecule has 2 aromatic rings. The van der Waals surface area contributed by atoms with Crippen LogP contribution in [-0.2, 0) is 9.59 Å². The van der Waals surface area contributed by atoms with Gasteiger partial charge in [0.25, 0.3) is 0 Å². The zero-order valence-corrected chi connectivity index (χ0v) is 14.2. The quantitative estimate of drug-likeness (QED) is 0.922. The lowest BCUT2D eigenvalue weighted by Gasteiger charge is -2.24. The van der Waals surface area contributed by atoms with Crippen molar-refractivity contribution >= 4 is 34.8 Å². The van der Waals surface area contributed by atoms with Gasteiger partial charge in [-0.2, -0.15) is 11.3 Å². The highest BCUT2D eigenvalue weighted by atomic mass is 35.5. The summed E-state index contributed by atoms with van der Waals surface area (Å²) in [7, 11) is 1.68. The Labute approximate surface area is 144 Å². The van der Waals surface area contributed by atoms with Crippen molar-refractivity contribution in [2.45, 2.75) is 24.9 Å². The number of likely N-dealkylation sites (N-methyl/N-ethyl adjacent to an activating group) is 1. The van der Waals surface area contributed by atoms with Gasteiger partial charge in [0.2, 0.25) is 11.8 Å². The minimum atomic E-state index is -0.393. The van der Waals surface area contributed by atoms with E-state index in [1.54, 1.807) is 18.4 Å². The van der Waals surface area contributed by atoms with Gasteiger partial charge in [-0.1, -0.05) is 23.7 Å². The molecular weight excluding hydrogens is 332 g/mol. The first kappa shape index (κ1) is 16.0. The number of thiophene rings is 1. The van der Waals surface area contributed by atoms with Crippen molar-refractivity contribution in [3.05, 3.63) is 57.2 Å². The zero-order chi connectivity index (χ0) is 16.4. The summed E-state index contributed by atoms with van der Waals surface area (Å²) in [6.45, 7) is 0. The molecule has 0 aliphatic carbocycles. The van der Waals surface area contributed by atoms with E-state index in [-0.39, 0.29) is 17.9 Å². The highest BCUT2D eigenvalue weighted by molar-refractivity contribution is 7.08. The number of hydrogen-bond acceptors (Lipinski definition) is 3. The predicted octanol–water partition coefficient (Wildman–Crippen LogP) is 3.23. The van der Waals surface area contributed by atoms with Gasteiger partial charge in [0, 0.05) is 18.5 Å². The first-order valence-electron chi connectivity index (χ1n) is 7.40. The molecular formula is C17H17ClN2O2S. The average molecular weight is 349 g/mol. The summed E-state index contributed by atoms with van der Waals surface area (Å²) in [6.07, 6.45) is 0.997. The van der Waals surface area contributed by atoms with Crippen LogP contribution in [0.3, 0.4) is 0 Å². The summed E-state index contributed by atoms with van der Waals surface area (Å²) in [6, 6.07) is 8.81. The Morgan fingerprint density at radius 3 is 2.61 bits per heavy atom. The Bertz CT molecular complexity index is 700. The number of hydrogen-bond donors (Lipinski definition) is 1. The monoisotopic (exact) mass is 348 g/mol. The molecule has 1 fully saturated rings. The fourth-order valence-corrected chi connectivity index (χ4v) is 3.62. The van der Waals surface area contributed by atoms with E-state index >= 15 is 0 Å². The molecule has 1 N–H and O–H groups in total. The van der Waals surface area contributed by atoms with Crippen LogP contribution < -0.4 is 5.32 Å². The molecule has 1 saturated heterocycles. The molecule has 2 heterocycles. The SMILES string of the molecule is CN1C(=O)CC[C@H]1C(=O)N[C@H](c1ccc(Cl)cc1)c1ccsc1. The first-order chi connectivity index (χ1) is 11.1.